The van der Waals surface area contributed by atoms with E-state index >= 15 is 0 Å². The average molecular weight is 224 g/mol. The van der Waals surface area contributed by atoms with E-state index in [4.69, 9.17) is 27.8 Å². The molecule has 1 heterocycles. The van der Waals surface area contributed by atoms with Crippen molar-refractivity contribution in [3.05, 3.63) is 17.7 Å². The van der Waals surface area contributed by atoms with E-state index in [2.05, 4.69) is 5.32 Å². The summed E-state index contributed by atoms with van der Waals surface area (Å²) in [6.45, 7) is 0.173. The molecule has 0 bridgehead atoms. The number of fused-ring (bicyclic) bond motifs is 1. The zero-order chi connectivity index (χ0) is 11.0. The highest BCUT2D eigenvalue weighted by atomic mass is 32.1. The molecule has 15 heavy (non-hydrogen) atoms. The Bertz CT molecular complexity index is 459. The Balaban J connectivity index is 2.60. The van der Waals surface area contributed by atoms with Gasteiger partial charge in [-0.05, 0) is 12.1 Å². The number of rotatable bonds is 1. The van der Waals surface area contributed by atoms with Gasteiger partial charge in [-0.2, -0.15) is 0 Å². The van der Waals surface area contributed by atoms with Crippen LogP contribution < -0.4 is 15.8 Å². The Kier molecular flexibility index (Phi) is 2.20. The molecule has 0 fully saturated rings. The molecule has 2 rings (SSSR count). The number of anilines is 2. The van der Waals surface area contributed by atoms with Crippen molar-refractivity contribution < 1.29 is 14.6 Å². The molecule has 5 nitrogen and oxygen atoms in total. The molecule has 0 atom stereocenters. The summed E-state index contributed by atoms with van der Waals surface area (Å²) in [5, 5.41) is 11.8. The number of hydrogen-bond donors (Lipinski definition) is 3. The second kappa shape index (κ2) is 3.39. The molecular formula is C9H8N2O3S. The molecule has 1 aliphatic heterocycles. The van der Waals surface area contributed by atoms with Gasteiger partial charge < -0.3 is 20.9 Å². The van der Waals surface area contributed by atoms with Crippen molar-refractivity contribution in [2.24, 2.45) is 0 Å². The van der Waals surface area contributed by atoms with Crippen LogP contribution in [0, 0.1) is 0 Å². The second-order valence-corrected chi connectivity index (χ2v) is 3.54. The molecule has 0 saturated carbocycles. The maximum absolute atomic E-state index is 11.0. The summed E-state index contributed by atoms with van der Waals surface area (Å²) in [7, 11) is 0. The molecule has 6 heteroatoms. The van der Waals surface area contributed by atoms with Gasteiger partial charge in [0.2, 0.25) is 0 Å². The van der Waals surface area contributed by atoms with Crippen molar-refractivity contribution in [2.75, 3.05) is 17.7 Å². The predicted octanol–water partition coefficient (Wildman–Crippen LogP) is 1.10. The highest BCUT2D eigenvalue weighted by Gasteiger charge is 2.23. The molecule has 0 unspecified atom stereocenters. The minimum atomic E-state index is -1.11. The van der Waals surface area contributed by atoms with E-state index in [1.54, 1.807) is 6.07 Å². The number of hydrogen-bond acceptors (Lipinski definition) is 4. The maximum atomic E-state index is 11.0. The topological polar surface area (TPSA) is 84.6 Å². The average Bonchev–Trinajstić information content (AvgIpc) is 2.17. The number of nitrogens with one attached hydrogen (secondary N) is 1. The van der Waals surface area contributed by atoms with E-state index in [0.29, 0.717) is 10.7 Å². The van der Waals surface area contributed by atoms with Crippen LogP contribution in [0.25, 0.3) is 0 Å². The first-order valence-corrected chi connectivity index (χ1v) is 4.59. The van der Waals surface area contributed by atoms with Gasteiger partial charge in [-0.25, -0.2) is 4.79 Å². The van der Waals surface area contributed by atoms with Crippen LogP contribution in [0.2, 0.25) is 0 Å². The Morgan fingerprint density at radius 3 is 3.00 bits per heavy atom. The Labute approximate surface area is 90.8 Å². The summed E-state index contributed by atoms with van der Waals surface area (Å²) in [6, 6.07) is 3.15. The lowest BCUT2D eigenvalue weighted by molar-refractivity contribution is 0.0694. The van der Waals surface area contributed by atoms with Crippen LogP contribution in [0.5, 0.6) is 5.75 Å². The molecule has 4 N–H and O–H groups in total. The van der Waals surface area contributed by atoms with Gasteiger partial charge in [0.15, 0.2) is 5.75 Å². The molecule has 1 aromatic carbocycles. The Hall–Kier alpha value is -1.82. The zero-order valence-electron chi connectivity index (χ0n) is 7.61. The SMILES string of the molecule is Nc1ccc2c(c1C(=O)O)OCC(=S)N2. The fraction of sp³-hybridized carbons (Fsp3) is 0.111. The monoisotopic (exact) mass is 224 g/mol. The van der Waals surface area contributed by atoms with Gasteiger partial charge in [0.05, 0.1) is 11.4 Å². The number of aromatic carboxylic acids is 1. The third-order valence-electron chi connectivity index (χ3n) is 2.03. The van der Waals surface area contributed by atoms with Crippen LogP contribution in [-0.2, 0) is 0 Å². The molecule has 78 valence electrons. The predicted molar refractivity (Wildman–Crippen MR) is 59.5 cm³/mol. The van der Waals surface area contributed by atoms with Gasteiger partial charge in [0.1, 0.15) is 17.2 Å². The summed E-state index contributed by atoms with van der Waals surface area (Å²) in [5.74, 6) is -0.866. The summed E-state index contributed by atoms with van der Waals surface area (Å²) in [4.78, 5) is 11.5. The molecular weight excluding hydrogens is 216 g/mol. The van der Waals surface area contributed by atoms with E-state index < -0.39 is 5.97 Å². The summed E-state index contributed by atoms with van der Waals surface area (Å²) < 4.78 is 5.24. The molecule has 1 aromatic rings. The first-order valence-electron chi connectivity index (χ1n) is 4.18. The smallest absolute Gasteiger partial charge is 0.341 e. The Morgan fingerprint density at radius 2 is 2.33 bits per heavy atom. The molecule has 0 aliphatic carbocycles. The quantitative estimate of drug-likeness (QED) is 0.489. The number of carboxylic acids is 1. The van der Waals surface area contributed by atoms with Crippen LogP contribution in [-0.4, -0.2) is 22.7 Å². The van der Waals surface area contributed by atoms with Crippen molar-refractivity contribution in [1.29, 1.82) is 0 Å². The standard InChI is InChI=1S/C9H8N2O3S/c10-4-1-2-5-8(7(4)9(12)13)14-3-6(15)11-5/h1-2H,3,10H2,(H,11,15)(H,12,13). The van der Waals surface area contributed by atoms with Crippen LogP contribution in [0.15, 0.2) is 12.1 Å². The molecule has 0 amide bonds. The normalized spacial score (nSPS) is 13.7. The number of nitrogen functional groups attached to an aromatic ring is 1. The lowest BCUT2D eigenvalue weighted by Crippen LogP contribution is -2.25. The first kappa shape index (κ1) is 9.72. The number of nitrogens with two attached hydrogens (primary N) is 1. The number of carbonyl (C=O) groups is 1. The van der Waals surface area contributed by atoms with E-state index in [9.17, 15) is 4.79 Å². The van der Waals surface area contributed by atoms with E-state index in [1.807, 2.05) is 0 Å². The van der Waals surface area contributed by atoms with Crippen LogP contribution >= 0.6 is 12.2 Å². The number of carboxylic acid groups (broad SMARTS) is 1. The van der Waals surface area contributed by atoms with Gasteiger partial charge in [-0.15, -0.1) is 0 Å². The summed E-state index contributed by atoms with van der Waals surface area (Å²) in [6.07, 6.45) is 0. The zero-order valence-corrected chi connectivity index (χ0v) is 8.43. The highest BCUT2D eigenvalue weighted by molar-refractivity contribution is 7.80. The van der Waals surface area contributed by atoms with Crippen molar-refractivity contribution in [3.8, 4) is 5.75 Å². The molecule has 1 aliphatic rings. The van der Waals surface area contributed by atoms with Gasteiger partial charge in [0.25, 0.3) is 0 Å². The van der Waals surface area contributed by atoms with Gasteiger partial charge in [0, 0.05) is 0 Å². The highest BCUT2D eigenvalue weighted by Crippen LogP contribution is 2.35. The maximum Gasteiger partial charge on any atom is 0.341 e. The lowest BCUT2D eigenvalue weighted by Gasteiger charge is -2.21. The summed E-state index contributed by atoms with van der Waals surface area (Å²) >= 11 is 4.91. The molecule has 0 spiro atoms. The molecule has 0 aromatic heterocycles. The fourth-order valence-electron chi connectivity index (χ4n) is 1.39. The fourth-order valence-corrected chi connectivity index (χ4v) is 1.56. The van der Waals surface area contributed by atoms with Crippen LogP contribution in [0.1, 0.15) is 10.4 Å². The minimum absolute atomic E-state index is 0.0255. The first-order chi connectivity index (χ1) is 7.09. The van der Waals surface area contributed by atoms with E-state index in [-0.39, 0.29) is 23.6 Å². The molecule has 0 radical (unpaired) electrons. The van der Waals surface area contributed by atoms with E-state index in [0.717, 1.165) is 0 Å². The van der Waals surface area contributed by atoms with Gasteiger partial charge >= 0.3 is 5.97 Å². The van der Waals surface area contributed by atoms with E-state index in [1.165, 1.54) is 6.07 Å². The minimum Gasteiger partial charge on any atom is -0.483 e. The lowest BCUT2D eigenvalue weighted by atomic mass is 10.1. The van der Waals surface area contributed by atoms with Crippen molar-refractivity contribution in [1.82, 2.24) is 0 Å². The number of ether oxygens (including phenoxy) is 1. The largest absolute Gasteiger partial charge is 0.483 e. The van der Waals surface area contributed by atoms with Gasteiger partial charge in [-0.1, -0.05) is 12.2 Å². The third-order valence-corrected chi connectivity index (χ3v) is 2.25. The molecule has 0 saturated heterocycles. The third kappa shape index (κ3) is 1.59. The van der Waals surface area contributed by atoms with Crippen molar-refractivity contribution in [3.63, 3.8) is 0 Å². The number of thiocarbonyl (C=S) groups is 1. The van der Waals surface area contributed by atoms with Gasteiger partial charge in [-0.3, -0.25) is 0 Å². The number of benzene rings is 1. The van der Waals surface area contributed by atoms with Crippen LogP contribution in [0.4, 0.5) is 11.4 Å². The second-order valence-electron chi connectivity index (χ2n) is 3.05. The summed E-state index contributed by atoms with van der Waals surface area (Å²) in [5.41, 5.74) is 6.25. The van der Waals surface area contributed by atoms with Crippen molar-refractivity contribution in [2.45, 2.75) is 0 Å². The van der Waals surface area contributed by atoms with Crippen molar-refractivity contribution >= 4 is 34.6 Å². The van der Waals surface area contributed by atoms with Crippen LogP contribution in [0.3, 0.4) is 0 Å². The Morgan fingerprint density at radius 1 is 1.60 bits per heavy atom.